The number of fused-ring (bicyclic) bond motifs is 3. The van der Waals surface area contributed by atoms with E-state index in [4.69, 9.17) is 0 Å². The Labute approximate surface area is 230 Å². The van der Waals surface area contributed by atoms with Gasteiger partial charge in [0.2, 0.25) is 0 Å². The molecule has 3 heterocycles. The standard InChI is InChI=1S/C12H9N.2C8H10N.2HI/c1-3-7-11-9(5-1)10-6-2-4-8-12(10)13-11;2*1-3-8-4-6-9(2)7-5-8;;/h1-8,13H;2*3-7H,1H2,2H3;2*1H/q;2*+1;;/p-2. The Morgan fingerprint density at radius 1 is 0.576 bits per heavy atom. The first-order valence-corrected chi connectivity index (χ1v) is 10.2. The number of nitrogens with zero attached hydrogens (tertiary/aromatic N) is 2. The fourth-order valence-electron chi connectivity index (χ4n) is 3.10. The maximum atomic E-state index is 3.65. The first kappa shape index (κ1) is 28.5. The number of aryl methyl sites for hydroxylation is 2. The molecule has 0 radical (unpaired) electrons. The number of pyridine rings is 2. The molecule has 0 unspecified atom stereocenters. The Kier molecular flexibility index (Phi) is 12.6. The van der Waals surface area contributed by atoms with Crippen LogP contribution in [0.3, 0.4) is 0 Å². The van der Waals surface area contributed by atoms with Crippen LogP contribution in [0.2, 0.25) is 0 Å². The van der Waals surface area contributed by atoms with Gasteiger partial charge in [-0.15, -0.1) is 0 Å². The molecule has 0 aliphatic heterocycles. The highest BCUT2D eigenvalue weighted by molar-refractivity contribution is 6.06. The zero-order valence-corrected chi connectivity index (χ0v) is 23.3. The van der Waals surface area contributed by atoms with Crippen molar-refractivity contribution in [2.45, 2.75) is 0 Å². The van der Waals surface area contributed by atoms with E-state index in [1.54, 1.807) is 0 Å². The highest BCUT2D eigenvalue weighted by atomic mass is 127. The van der Waals surface area contributed by atoms with Gasteiger partial charge in [-0.1, -0.05) is 61.7 Å². The fourth-order valence-corrected chi connectivity index (χ4v) is 3.10. The molecule has 1 N–H and O–H groups in total. The molecule has 170 valence electrons. The molecule has 0 aliphatic carbocycles. The molecular weight excluding hydrogens is 632 g/mol. The summed E-state index contributed by atoms with van der Waals surface area (Å²) in [5.41, 5.74) is 4.74. The molecule has 0 atom stereocenters. The normalized spacial score (nSPS) is 9.27. The highest BCUT2D eigenvalue weighted by Gasteiger charge is 2.00. The van der Waals surface area contributed by atoms with E-state index < -0.39 is 0 Å². The number of rotatable bonds is 2. The highest BCUT2D eigenvalue weighted by Crippen LogP contribution is 2.24. The molecule has 5 rings (SSSR count). The summed E-state index contributed by atoms with van der Waals surface area (Å²) in [6.07, 6.45) is 11.7. The third-order valence-corrected chi connectivity index (χ3v) is 4.89. The largest absolute Gasteiger partial charge is 1.00 e. The summed E-state index contributed by atoms with van der Waals surface area (Å²) in [6, 6.07) is 24.8. The van der Waals surface area contributed by atoms with Gasteiger partial charge in [-0.05, 0) is 23.3 Å². The van der Waals surface area contributed by atoms with Gasteiger partial charge in [-0.3, -0.25) is 0 Å². The van der Waals surface area contributed by atoms with Gasteiger partial charge >= 0.3 is 0 Å². The minimum Gasteiger partial charge on any atom is -1.00 e. The van der Waals surface area contributed by atoms with Crippen molar-refractivity contribution in [1.82, 2.24) is 4.98 Å². The van der Waals surface area contributed by atoms with E-state index in [-0.39, 0.29) is 48.0 Å². The average molecular weight is 661 g/mol. The smallest absolute Gasteiger partial charge is 0.169 e. The van der Waals surface area contributed by atoms with E-state index in [1.807, 2.05) is 84.4 Å². The summed E-state index contributed by atoms with van der Waals surface area (Å²) < 4.78 is 3.99. The zero-order valence-electron chi connectivity index (χ0n) is 19.0. The molecule has 3 aromatic heterocycles. The van der Waals surface area contributed by atoms with Gasteiger partial charge in [0.05, 0.1) is 0 Å². The number of para-hydroxylation sites is 2. The van der Waals surface area contributed by atoms with Crippen LogP contribution in [0.4, 0.5) is 0 Å². The van der Waals surface area contributed by atoms with Crippen LogP contribution < -0.4 is 57.1 Å². The van der Waals surface area contributed by atoms with Crippen molar-refractivity contribution in [3.05, 3.63) is 122 Å². The lowest BCUT2D eigenvalue weighted by Gasteiger charge is -1.87. The quantitative estimate of drug-likeness (QED) is 0.198. The van der Waals surface area contributed by atoms with Crippen LogP contribution in [0.1, 0.15) is 11.1 Å². The Morgan fingerprint density at radius 2 is 0.909 bits per heavy atom. The van der Waals surface area contributed by atoms with Crippen LogP contribution in [0.15, 0.2) is 111 Å². The zero-order chi connectivity index (χ0) is 22.1. The lowest BCUT2D eigenvalue weighted by molar-refractivity contribution is -0.671. The van der Waals surface area contributed by atoms with Crippen LogP contribution >= 0.6 is 0 Å². The second kappa shape index (κ2) is 14.6. The Bertz CT molecular complexity index is 1170. The van der Waals surface area contributed by atoms with Gasteiger partial charge in [-0.25, -0.2) is 9.13 Å². The molecule has 0 fully saturated rings. The van der Waals surface area contributed by atoms with Gasteiger partial charge in [0.25, 0.3) is 0 Å². The van der Waals surface area contributed by atoms with Gasteiger partial charge in [0.1, 0.15) is 14.1 Å². The van der Waals surface area contributed by atoms with Crippen molar-refractivity contribution in [3.63, 3.8) is 0 Å². The van der Waals surface area contributed by atoms with E-state index in [0.717, 1.165) is 11.1 Å². The molecule has 33 heavy (non-hydrogen) atoms. The summed E-state index contributed by atoms with van der Waals surface area (Å²) in [5, 5.41) is 2.61. The first-order valence-electron chi connectivity index (χ1n) is 10.2. The Balaban J connectivity index is 0.000000247. The number of hydrogen-bond donors (Lipinski definition) is 1. The molecule has 0 aliphatic rings. The molecule has 2 aromatic carbocycles. The Morgan fingerprint density at radius 3 is 1.24 bits per heavy atom. The van der Waals surface area contributed by atoms with E-state index in [2.05, 4.69) is 66.7 Å². The number of nitrogens with one attached hydrogen (secondary N) is 1. The third-order valence-electron chi connectivity index (χ3n) is 4.89. The monoisotopic (exact) mass is 661 g/mol. The molecular formula is C28H29I2N3. The van der Waals surface area contributed by atoms with Gasteiger partial charge < -0.3 is 52.9 Å². The van der Waals surface area contributed by atoms with Crippen molar-refractivity contribution >= 4 is 34.0 Å². The predicted octanol–water partition coefficient (Wildman–Crippen LogP) is -0.363. The molecule has 5 aromatic rings. The van der Waals surface area contributed by atoms with E-state index in [9.17, 15) is 0 Å². The lowest BCUT2D eigenvalue weighted by Crippen LogP contribution is -3.00. The SMILES string of the molecule is C=Cc1cc[n+](C)cc1.C=Cc1cc[n+](C)cc1.[I-].[I-].c1ccc2c(c1)[nH]c1ccccc12. The number of aromatic amines is 1. The second-order valence-electron chi connectivity index (χ2n) is 7.22. The number of aromatic nitrogens is 3. The fraction of sp³-hybridized carbons (Fsp3) is 0.0714. The van der Waals surface area contributed by atoms with Crippen LogP contribution in [-0.2, 0) is 14.1 Å². The number of H-pyrrole nitrogens is 1. The summed E-state index contributed by atoms with van der Waals surface area (Å²) in [4.78, 5) is 3.38. The van der Waals surface area contributed by atoms with Crippen LogP contribution in [-0.4, -0.2) is 4.98 Å². The topological polar surface area (TPSA) is 23.5 Å². The van der Waals surface area contributed by atoms with E-state index in [0.29, 0.717) is 0 Å². The maximum absolute atomic E-state index is 3.65. The Hall–Kier alpha value is -2.52. The summed E-state index contributed by atoms with van der Waals surface area (Å²) >= 11 is 0. The first-order chi connectivity index (χ1) is 15.1. The van der Waals surface area contributed by atoms with Gasteiger partial charge in [0, 0.05) is 46.1 Å². The van der Waals surface area contributed by atoms with Gasteiger partial charge in [0.15, 0.2) is 24.8 Å². The van der Waals surface area contributed by atoms with Crippen molar-refractivity contribution in [3.8, 4) is 0 Å². The molecule has 0 spiro atoms. The maximum Gasteiger partial charge on any atom is 0.169 e. The van der Waals surface area contributed by atoms with Crippen LogP contribution in [0.5, 0.6) is 0 Å². The summed E-state index contributed by atoms with van der Waals surface area (Å²) in [6.45, 7) is 7.30. The van der Waals surface area contributed by atoms with Crippen molar-refractivity contribution in [1.29, 1.82) is 0 Å². The van der Waals surface area contributed by atoms with Crippen LogP contribution in [0.25, 0.3) is 34.0 Å². The average Bonchev–Trinajstić information content (AvgIpc) is 3.20. The minimum absolute atomic E-state index is 0. The van der Waals surface area contributed by atoms with E-state index >= 15 is 0 Å². The third kappa shape index (κ3) is 8.40. The van der Waals surface area contributed by atoms with Crippen molar-refractivity contribution < 1.29 is 57.1 Å². The molecule has 3 nitrogen and oxygen atoms in total. The summed E-state index contributed by atoms with van der Waals surface area (Å²) in [5.74, 6) is 0. The minimum atomic E-state index is 0. The molecule has 0 amide bonds. The number of halogens is 2. The number of benzene rings is 2. The van der Waals surface area contributed by atoms with Gasteiger partial charge in [-0.2, -0.15) is 0 Å². The lowest BCUT2D eigenvalue weighted by atomic mass is 10.2. The van der Waals surface area contributed by atoms with Crippen LogP contribution in [0, 0.1) is 0 Å². The van der Waals surface area contributed by atoms with E-state index in [1.165, 1.54) is 21.8 Å². The summed E-state index contributed by atoms with van der Waals surface area (Å²) in [7, 11) is 3.99. The van der Waals surface area contributed by atoms with Crippen molar-refractivity contribution in [2.24, 2.45) is 14.1 Å². The molecule has 0 saturated carbocycles. The molecule has 0 saturated heterocycles. The molecule has 0 bridgehead atoms. The predicted molar refractivity (Wildman–Crippen MR) is 131 cm³/mol. The number of hydrogen-bond acceptors (Lipinski definition) is 0. The second-order valence-corrected chi connectivity index (χ2v) is 7.22. The van der Waals surface area contributed by atoms with Crippen molar-refractivity contribution in [2.75, 3.05) is 0 Å². The molecule has 5 heteroatoms.